The summed E-state index contributed by atoms with van der Waals surface area (Å²) in [5.41, 5.74) is 0.879. The summed E-state index contributed by atoms with van der Waals surface area (Å²) < 4.78 is 24.9. The highest BCUT2D eigenvalue weighted by atomic mass is 35.5. The van der Waals surface area contributed by atoms with E-state index in [4.69, 9.17) is 44.1 Å². The fraction of sp³-hybridized carbons (Fsp3) is 0.143. The molecular weight excluding hydrogens is 484 g/mol. The van der Waals surface area contributed by atoms with Crippen LogP contribution < -0.4 is 9.64 Å². The Bertz CT molecular complexity index is 1280. The number of hydrogen-bond donors (Lipinski definition) is 0. The first-order valence-corrected chi connectivity index (χ1v) is 10.3. The topological polar surface area (TPSA) is 85.5 Å². The van der Waals surface area contributed by atoms with Crippen LogP contribution in [0, 0.1) is 5.82 Å². The maximum absolute atomic E-state index is 14.1. The summed E-state index contributed by atoms with van der Waals surface area (Å²) in [4.78, 5) is 30.1. The highest BCUT2D eigenvalue weighted by molar-refractivity contribution is 6.36. The van der Waals surface area contributed by atoms with Gasteiger partial charge in [-0.25, -0.2) is 9.29 Å². The molecule has 32 heavy (non-hydrogen) atoms. The molecule has 0 bridgehead atoms. The monoisotopic (exact) mass is 495 g/mol. The largest absolute Gasteiger partial charge is 0.480 e. The molecule has 0 spiro atoms. The first-order chi connectivity index (χ1) is 15.2. The van der Waals surface area contributed by atoms with E-state index in [1.54, 1.807) is 12.1 Å². The Morgan fingerprint density at radius 3 is 2.38 bits per heavy atom. The van der Waals surface area contributed by atoms with E-state index in [0.717, 1.165) is 17.0 Å². The molecule has 0 unspecified atom stereocenters. The molecule has 4 rings (SSSR count). The van der Waals surface area contributed by atoms with Crippen LogP contribution in [0.4, 0.5) is 10.1 Å². The lowest BCUT2D eigenvalue weighted by Gasteiger charge is -2.19. The van der Waals surface area contributed by atoms with Crippen molar-refractivity contribution in [1.82, 2.24) is 10.1 Å². The summed E-state index contributed by atoms with van der Waals surface area (Å²) in [5.74, 6) is -1.73. The number of ether oxygens (including phenoxy) is 1. The van der Waals surface area contributed by atoms with E-state index in [2.05, 4.69) is 10.1 Å². The molecule has 1 aliphatic rings. The minimum atomic E-state index is -0.738. The van der Waals surface area contributed by atoms with Crippen molar-refractivity contribution in [2.24, 2.45) is 0 Å². The number of carbonyl (C=O) groups is 2. The Morgan fingerprint density at radius 2 is 1.72 bits per heavy atom. The maximum atomic E-state index is 14.1. The minimum Gasteiger partial charge on any atom is -0.480 e. The second-order valence-electron chi connectivity index (χ2n) is 6.86. The number of carbonyl (C=O) groups excluding carboxylic acids is 2. The van der Waals surface area contributed by atoms with Crippen molar-refractivity contribution in [3.63, 3.8) is 0 Å². The van der Waals surface area contributed by atoms with E-state index in [-0.39, 0.29) is 45.9 Å². The van der Waals surface area contributed by atoms with Crippen LogP contribution in [0.5, 0.6) is 5.75 Å². The molecule has 1 aromatic heterocycles. The molecule has 2 heterocycles. The molecule has 2 amide bonds. The van der Waals surface area contributed by atoms with Gasteiger partial charge in [-0.1, -0.05) is 40.0 Å². The molecule has 164 valence electrons. The highest BCUT2D eigenvalue weighted by Gasteiger charge is 2.37. The molecule has 0 fully saturated rings. The summed E-state index contributed by atoms with van der Waals surface area (Å²) in [6, 6.07) is 6.80. The molecule has 2 aromatic carbocycles. The number of nitrogens with zero attached hydrogens (tertiary/aromatic N) is 3. The SMILES string of the molecule is CC1=C(C)C(=O)N(c2cc(F)cc(Cl)c2OCc2nc(-c3ccc(Cl)cc3Cl)no2)C1=O. The van der Waals surface area contributed by atoms with E-state index >= 15 is 0 Å². The Kier molecular flexibility index (Phi) is 5.94. The number of imide groups is 1. The van der Waals surface area contributed by atoms with Gasteiger partial charge < -0.3 is 9.26 Å². The molecule has 7 nitrogen and oxygen atoms in total. The van der Waals surface area contributed by atoms with Crippen LogP contribution in [0.3, 0.4) is 0 Å². The van der Waals surface area contributed by atoms with Gasteiger partial charge in [-0.3, -0.25) is 9.59 Å². The van der Waals surface area contributed by atoms with Crippen LogP contribution >= 0.6 is 34.8 Å². The van der Waals surface area contributed by atoms with Crippen molar-refractivity contribution < 1.29 is 23.2 Å². The second kappa shape index (κ2) is 8.54. The fourth-order valence-corrected chi connectivity index (χ4v) is 3.80. The molecular formula is C21H13Cl3FN3O4. The predicted octanol–water partition coefficient (Wildman–Crippen LogP) is 5.62. The number of rotatable bonds is 5. The van der Waals surface area contributed by atoms with Crippen molar-refractivity contribution in [1.29, 1.82) is 0 Å². The van der Waals surface area contributed by atoms with E-state index in [1.165, 1.54) is 19.9 Å². The third-order valence-electron chi connectivity index (χ3n) is 4.82. The van der Waals surface area contributed by atoms with Gasteiger partial charge in [0, 0.05) is 27.8 Å². The van der Waals surface area contributed by atoms with E-state index < -0.39 is 17.6 Å². The summed E-state index contributed by atoms with van der Waals surface area (Å²) in [6.45, 7) is 2.76. The Morgan fingerprint density at radius 1 is 1.03 bits per heavy atom. The summed E-state index contributed by atoms with van der Waals surface area (Å²) in [7, 11) is 0. The van der Waals surface area contributed by atoms with Crippen molar-refractivity contribution in [2.45, 2.75) is 20.5 Å². The van der Waals surface area contributed by atoms with Gasteiger partial charge in [0.05, 0.1) is 15.7 Å². The lowest BCUT2D eigenvalue weighted by atomic mass is 10.2. The molecule has 0 atom stereocenters. The van der Waals surface area contributed by atoms with Gasteiger partial charge in [-0.2, -0.15) is 4.98 Å². The van der Waals surface area contributed by atoms with Crippen LogP contribution in [-0.2, 0) is 16.2 Å². The molecule has 0 saturated carbocycles. The molecule has 0 radical (unpaired) electrons. The third kappa shape index (κ3) is 3.97. The van der Waals surface area contributed by atoms with Gasteiger partial charge in [-0.15, -0.1) is 0 Å². The van der Waals surface area contributed by atoms with Gasteiger partial charge in [-0.05, 0) is 38.1 Å². The van der Waals surface area contributed by atoms with Gasteiger partial charge in [0.25, 0.3) is 17.7 Å². The second-order valence-corrected chi connectivity index (χ2v) is 8.11. The number of amides is 2. The van der Waals surface area contributed by atoms with Crippen LogP contribution in [-0.4, -0.2) is 22.0 Å². The molecule has 11 heteroatoms. The standard InChI is InChI=1S/C21H13Cl3FN3O4/c1-9-10(2)21(30)28(20(9)29)16-7-12(25)6-15(24)18(16)31-8-17-26-19(27-32-17)13-4-3-11(22)5-14(13)23/h3-7H,8H2,1-2H3. The van der Waals surface area contributed by atoms with Crippen molar-refractivity contribution in [2.75, 3.05) is 4.90 Å². The van der Waals surface area contributed by atoms with Crippen LogP contribution in [0.25, 0.3) is 11.4 Å². The van der Waals surface area contributed by atoms with Crippen LogP contribution in [0.2, 0.25) is 15.1 Å². The molecule has 0 saturated heterocycles. The van der Waals surface area contributed by atoms with Gasteiger partial charge in [0.2, 0.25) is 5.82 Å². The minimum absolute atomic E-state index is 0.0573. The number of halogens is 4. The Labute approximate surface area is 196 Å². The zero-order valence-electron chi connectivity index (χ0n) is 16.6. The average Bonchev–Trinajstić information content (AvgIpc) is 3.26. The smallest absolute Gasteiger partial charge is 0.264 e. The molecule has 0 aliphatic carbocycles. The number of benzene rings is 2. The normalized spacial score (nSPS) is 14.0. The van der Waals surface area contributed by atoms with Crippen LogP contribution in [0.1, 0.15) is 19.7 Å². The quantitative estimate of drug-likeness (QED) is 0.426. The zero-order chi connectivity index (χ0) is 23.2. The van der Waals surface area contributed by atoms with Crippen molar-refractivity contribution in [3.8, 4) is 17.1 Å². The summed E-state index contributed by atoms with van der Waals surface area (Å²) in [6.07, 6.45) is 0. The lowest BCUT2D eigenvalue weighted by molar-refractivity contribution is -0.120. The number of aromatic nitrogens is 2. The average molecular weight is 497 g/mol. The van der Waals surface area contributed by atoms with E-state index in [9.17, 15) is 14.0 Å². The first-order valence-electron chi connectivity index (χ1n) is 9.13. The lowest BCUT2D eigenvalue weighted by Crippen LogP contribution is -2.31. The highest BCUT2D eigenvalue weighted by Crippen LogP contribution is 2.40. The van der Waals surface area contributed by atoms with Crippen molar-refractivity contribution >= 4 is 52.3 Å². The third-order valence-corrected chi connectivity index (χ3v) is 5.65. The molecule has 0 N–H and O–H groups in total. The Balaban J connectivity index is 1.62. The van der Waals surface area contributed by atoms with Crippen LogP contribution in [0.15, 0.2) is 46.0 Å². The maximum Gasteiger partial charge on any atom is 0.264 e. The molecule has 3 aromatic rings. The fourth-order valence-electron chi connectivity index (χ4n) is 3.05. The van der Waals surface area contributed by atoms with Gasteiger partial charge in [0.15, 0.2) is 12.4 Å². The summed E-state index contributed by atoms with van der Waals surface area (Å²) in [5, 5.41) is 4.51. The van der Waals surface area contributed by atoms with Crippen molar-refractivity contribution in [3.05, 3.63) is 68.3 Å². The van der Waals surface area contributed by atoms with Gasteiger partial charge >= 0.3 is 0 Å². The summed E-state index contributed by atoms with van der Waals surface area (Å²) >= 11 is 18.2. The van der Waals surface area contributed by atoms with Gasteiger partial charge in [0.1, 0.15) is 5.82 Å². The predicted molar refractivity (Wildman–Crippen MR) is 116 cm³/mol. The molecule has 1 aliphatic heterocycles. The van der Waals surface area contributed by atoms with E-state index in [0.29, 0.717) is 15.6 Å². The zero-order valence-corrected chi connectivity index (χ0v) is 18.8. The Hall–Kier alpha value is -2.94. The number of anilines is 1. The van der Waals surface area contributed by atoms with E-state index in [1.807, 2.05) is 0 Å². The number of hydrogen-bond acceptors (Lipinski definition) is 6. The first kappa shape index (κ1) is 22.3.